The smallest absolute Gasteiger partial charge is 0.224 e. The second-order valence-electron chi connectivity index (χ2n) is 3.00. The fourth-order valence-electron chi connectivity index (χ4n) is 1.17. The summed E-state index contributed by atoms with van der Waals surface area (Å²) in [5.74, 6) is 0. The number of hydrogen-bond acceptors (Lipinski definition) is 3. The third-order valence-electron chi connectivity index (χ3n) is 1.99. The molecule has 1 rings (SSSR count). The summed E-state index contributed by atoms with van der Waals surface area (Å²) in [6, 6.07) is 3.62. The summed E-state index contributed by atoms with van der Waals surface area (Å²) in [6.07, 6.45) is 3.31. The minimum atomic E-state index is -3.18. The van der Waals surface area contributed by atoms with Crippen molar-refractivity contribution in [2.45, 2.75) is 13.5 Å². The Morgan fingerprint density at radius 2 is 2.00 bits per heavy atom. The molecule has 0 N–H and O–H groups in total. The maximum Gasteiger partial charge on any atom is 0.224 e. The van der Waals surface area contributed by atoms with Gasteiger partial charge in [-0.15, -0.1) is 0 Å². The van der Waals surface area contributed by atoms with Gasteiger partial charge in [0.05, 0.1) is 0 Å². The average molecular weight is 293 g/mol. The minimum Gasteiger partial charge on any atom is -0.265 e. The highest BCUT2D eigenvalue weighted by Gasteiger charge is 2.18. The Bertz CT molecular complexity index is 394. The summed E-state index contributed by atoms with van der Waals surface area (Å²) in [7, 11) is -3.18. The first-order valence-corrected chi connectivity index (χ1v) is 7.26. The average Bonchev–Trinajstić information content (AvgIpc) is 2.27. The normalized spacial score (nSPS) is 11.9. The Labute approximate surface area is 98.5 Å². The fraction of sp³-hybridized carbons (Fsp3) is 0.444. The van der Waals surface area contributed by atoms with Crippen molar-refractivity contribution in [3.63, 3.8) is 0 Å². The van der Waals surface area contributed by atoms with Crippen molar-refractivity contribution in [2.24, 2.45) is 0 Å². The molecule has 1 aromatic heterocycles. The SMILES string of the molecule is CCN(Cc1ccncc1)S(=O)(=O)CBr. The number of aromatic nitrogens is 1. The molecule has 0 aliphatic carbocycles. The number of hydrogen-bond donors (Lipinski definition) is 0. The maximum absolute atomic E-state index is 11.6. The molecule has 0 saturated heterocycles. The molecule has 0 bridgehead atoms. The Morgan fingerprint density at radius 1 is 1.40 bits per heavy atom. The molecule has 84 valence electrons. The van der Waals surface area contributed by atoms with Gasteiger partial charge in [0, 0.05) is 25.5 Å². The fourth-order valence-corrected chi connectivity index (χ4v) is 2.91. The Kier molecular flexibility index (Phi) is 4.69. The van der Waals surface area contributed by atoms with Gasteiger partial charge < -0.3 is 0 Å². The summed E-state index contributed by atoms with van der Waals surface area (Å²) in [4.78, 5) is 3.88. The zero-order valence-corrected chi connectivity index (χ0v) is 10.8. The van der Waals surface area contributed by atoms with E-state index in [1.54, 1.807) is 12.4 Å². The maximum atomic E-state index is 11.6. The van der Waals surface area contributed by atoms with Gasteiger partial charge in [0.1, 0.15) is 4.66 Å². The lowest BCUT2D eigenvalue weighted by atomic mass is 10.3. The topological polar surface area (TPSA) is 50.3 Å². The molecule has 0 spiro atoms. The van der Waals surface area contributed by atoms with Crippen LogP contribution in [0.1, 0.15) is 12.5 Å². The molecular formula is C9H13BrN2O2S. The van der Waals surface area contributed by atoms with Gasteiger partial charge in [0.25, 0.3) is 0 Å². The second-order valence-corrected chi connectivity index (χ2v) is 6.27. The molecule has 0 aliphatic heterocycles. The van der Waals surface area contributed by atoms with Crippen molar-refractivity contribution >= 4 is 26.0 Å². The third kappa shape index (κ3) is 3.55. The standard InChI is InChI=1S/C9H13BrN2O2S/c1-2-12(15(13,14)8-10)7-9-3-5-11-6-4-9/h3-6H,2,7-8H2,1H3. The van der Waals surface area contributed by atoms with Gasteiger partial charge in [0.15, 0.2) is 0 Å². The Morgan fingerprint density at radius 3 is 2.47 bits per heavy atom. The van der Waals surface area contributed by atoms with Gasteiger partial charge >= 0.3 is 0 Å². The van der Waals surface area contributed by atoms with Crippen LogP contribution in [-0.2, 0) is 16.6 Å². The summed E-state index contributed by atoms with van der Waals surface area (Å²) >= 11 is 2.98. The van der Waals surface area contributed by atoms with Crippen LogP contribution in [0, 0.1) is 0 Å². The van der Waals surface area contributed by atoms with E-state index in [2.05, 4.69) is 20.9 Å². The lowest BCUT2D eigenvalue weighted by Gasteiger charge is -2.18. The molecule has 0 aliphatic rings. The zero-order chi connectivity index (χ0) is 11.3. The third-order valence-corrected chi connectivity index (χ3v) is 5.18. The van der Waals surface area contributed by atoms with Crippen molar-refractivity contribution in [1.29, 1.82) is 0 Å². The molecule has 15 heavy (non-hydrogen) atoms. The number of halogens is 1. The molecule has 4 nitrogen and oxygen atoms in total. The highest BCUT2D eigenvalue weighted by Crippen LogP contribution is 2.10. The van der Waals surface area contributed by atoms with E-state index < -0.39 is 10.0 Å². The van der Waals surface area contributed by atoms with Crippen LogP contribution in [0.4, 0.5) is 0 Å². The molecule has 1 heterocycles. The summed E-state index contributed by atoms with van der Waals surface area (Å²) in [5.41, 5.74) is 0.941. The number of alkyl halides is 1. The van der Waals surface area contributed by atoms with Gasteiger partial charge in [0.2, 0.25) is 10.0 Å². The van der Waals surface area contributed by atoms with E-state index in [0.29, 0.717) is 13.1 Å². The van der Waals surface area contributed by atoms with Gasteiger partial charge in [-0.3, -0.25) is 4.98 Å². The van der Waals surface area contributed by atoms with Crippen molar-refractivity contribution < 1.29 is 8.42 Å². The molecule has 6 heteroatoms. The van der Waals surface area contributed by atoms with Gasteiger partial charge in [-0.05, 0) is 17.7 Å². The molecule has 0 radical (unpaired) electrons. The van der Waals surface area contributed by atoms with E-state index in [-0.39, 0.29) is 4.66 Å². The number of sulfonamides is 1. The van der Waals surface area contributed by atoms with Crippen molar-refractivity contribution in [3.8, 4) is 0 Å². The number of nitrogens with zero attached hydrogens (tertiary/aromatic N) is 2. The van der Waals surface area contributed by atoms with Crippen molar-refractivity contribution in [1.82, 2.24) is 9.29 Å². The summed E-state index contributed by atoms with van der Waals surface area (Å²) in [5, 5.41) is 0. The van der Waals surface area contributed by atoms with Crippen LogP contribution in [0.15, 0.2) is 24.5 Å². The van der Waals surface area contributed by atoms with Crippen LogP contribution in [0.5, 0.6) is 0 Å². The molecule has 0 fully saturated rings. The number of rotatable bonds is 5. The van der Waals surface area contributed by atoms with E-state index in [1.807, 2.05) is 19.1 Å². The lowest BCUT2D eigenvalue weighted by molar-refractivity contribution is 0.427. The lowest BCUT2D eigenvalue weighted by Crippen LogP contribution is -2.30. The van der Waals surface area contributed by atoms with Gasteiger partial charge in [-0.1, -0.05) is 22.9 Å². The van der Waals surface area contributed by atoms with E-state index in [1.165, 1.54) is 4.31 Å². The quantitative estimate of drug-likeness (QED) is 0.775. The van der Waals surface area contributed by atoms with E-state index in [0.717, 1.165) is 5.56 Å². The van der Waals surface area contributed by atoms with Crippen molar-refractivity contribution in [2.75, 3.05) is 11.2 Å². The summed E-state index contributed by atoms with van der Waals surface area (Å²) in [6.45, 7) is 2.69. The van der Waals surface area contributed by atoms with Crippen LogP contribution < -0.4 is 0 Å². The van der Waals surface area contributed by atoms with E-state index >= 15 is 0 Å². The van der Waals surface area contributed by atoms with Crippen LogP contribution in [0.3, 0.4) is 0 Å². The Hall–Kier alpha value is -0.460. The zero-order valence-electron chi connectivity index (χ0n) is 8.43. The second kappa shape index (κ2) is 5.58. The largest absolute Gasteiger partial charge is 0.265 e. The van der Waals surface area contributed by atoms with Gasteiger partial charge in [-0.25, -0.2) is 8.42 Å². The molecule has 0 unspecified atom stereocenters. The number of pyridine rings is 1. The van der Waals surface area contributed by atoms with E-state index in [9.17, 15) is 8.42 Å². The monoisotopic (exact) mass is 292 g/mol. The van der Waals surface area contributed by atoms with Gasteiger partial charge in [-0.2, -0.15) is 4.31 Å². The molecule has 0 amide bonds. The van der Waals surface area contributed by atoms with Crippen LogP contribution in [0.2, 0.25) is 0 Å². The van der Waals surface area contributed by atoms with Crippen molar-refractivity contribution in [3.05, 3.63) is 30.1 Å². The minimum absolute atomic E-state index is 0.0427. The first kappa shape index (κ1) is 12.6. The molecular weight excluding hydrogens is 280 g/mol. The molecule has 1 aromatic rings. The highest BCUT2D eigenvalue weighted by atomic mass is 79.9. The predicted octanol–water partition coefficient (Wildman–Crippen LogP) is 1.59. The molecule has 0 saturated carbocycles. The first-order chi connectivity index (χ1) is 7.10. The Balaban J connectivity index is 2.80. The molecule has 0 aromatic carbocycles. The van der Waals surface area contributed by atoms with Crippen LogP contribution >= 0.6 is 15.9 Å². The first-order valence-electron chi connectivity index (χ1n) is 4.53. The molecule has 0 atom stereocenters. The van der Waals surface area contributed by atoms with Crippen LogP contribution in [-0.4, -0.2) is 28.9 Å². The predicted molar refractivity (Wildman–Crippen MR) is 63.0 cm³/mol. The summed E-state index contributed by atoms with van der Waals surface area (Å²) < 4.78 is 24.6. The van der Waals surface area contributed by atoms with Crippen LogP contribution in [0.25, 0.3) is 0 Å². The van der Waals surface area contributed by atoms with E-state index in [4.69, 9.17) is 0 Å². The highest BCUT2D eigenvalue weighted by molar-refractivity contribution is 9.10.